The van der Waals surface area contributed by atoms with Gasteiger partial charge in [0.1, 0.15) is 0 Å². The Kier molecular flexibility index (Phi) is 4.24. The van der Waals surface area contributed by atoms with Crippen molar-refractivity contribution in [1.82, 2.24) is 4.90 Å². The van der Waals surface area contributed by atoms with E-state index in [0.29, 0.717) is 12.8 Å². The molecule has 2 unspecified atom stereocenters. The van der Waals surface area contributed by atoms with Crippen LogP contribution in [0.5, 0.6) is 0 Å². The maximum Gasteiger partial charge on any atom is 0.455 e. The number of alkyl halides is 5. The summed E-state index contributed by atoms with van der Waals surface area (Å²) in [6.07, 6.45) is -4.91. The number of nitrogens with zero attached hydrogens (tertiary/aromatic N) is 1. The van der Waals surface area contributed by atoms with Crippen LogP contribution in [0.4, 0.5) is 22.0 Å². The van der Waals surface area contributed by atoms with E-state index in [1.807, 2.05) is 0 Å². The molecule has 0 amide bonds. The first kappa shape index (κ1) is 15.6. The second-order valence-corrected chi connectivity index (χ2v) is 4.94. The Morgan fingerprint density at radius 1 is 1.33 bits per heavy atom. The van der Waals surface area contributed by atoms with Crippen LogP contribution >= 0.6 is 0 Å². The minimum atomic E-state index is -5.64. The van der Waals surface area contributed by atoms with E-state index in [4.69, 9.17) is 5.73 Å². The fraction of sp³-hybridized carbons (Fsp3) is 1.00. The molecule has 0 aromatic heterocycles. The molecule has 0 radical (unpaired) electrons. The summed E-state index contributed by atoms with van der Waals surface area (Å²) in [6.45, 7) is 0.436. The van der Waals surface area contributed by atoms with Gasteiger partial charge in [0.2, 0.25) is 0 Å². The van der Waals surface area contributed by atoms with Gasteiger partial charge in [-0.05, 0) is 26.3 Å². The molecule has 8 heteroatoms. The topological polar surface area (TPSA) is 49.5 Å². The lowest BCUT2D eigenvalue weighted by atomic mass is 9.92. The molecular weight excluding hydrogens is 259 g/mol. The molecule has 0 aliphatic carbocycles. The van der Waals surface area contributed by atoms with Crippen molar-refractivity contribution in [1.29, 1.82) is 0 Å². The third-order valence-corrected chi connectivity index (χ3v) is 3.16. The predicted molar refractivity (Wildman–Crippen MR) is 55.3 cm³/mol. The van der Waals surface area contributed by atoms with Gasteiger partial charge in [-0.25, -0.2) is 0 Å². The van der Waals surface area contributed by atoms with Gasteiger partial charge in [-0.15, -0.1) is 0 Å². The van der Waals surface area contributed by atoms with Crippen LogP contribution in [0, 0.1) is 0 Å². The van der Waals surface area contributed by atoms with Crippen LogP contribution in [0.1, 0.15) is 19.8 Å². The number of likely N-dealkylation sites (tertiary alicyclic amines) is 1. The van der Waals surface area contributed by atoms with Crippen LogP contribution in [0.2, 0.25) is 0 Å². The highest BCUT2D eigenvalue weighted by molar-refractivity contribution is 4.96. The number of aliphatic hydroxyl groups is 1. The zero-order valence-electron chi connectivity index (χ0n) is 9.97. The van der Waals surface area contributed by atoms with Crippen molar-refractivity contribution in [2.45, 2.75) is 43.5 Å². The SMILES string of the molecule is CC1(O)CCCN(C(CN)C(F)(F)C(F)(F)F)C1. The van der Waals surface area contributed by atoms with Crippen LogP contribution in [0.3, 0.4) is 0 Å². The van der Waals surface area contributed by atoms with Crippen LogP contribution < -0.4 is 5.73 Å². The number of halogens is 5. The average Bonchev–Trinajstić information content (AvgIpc) is 2.14. The maximum absolute atomic E-state index is 13.3. The monoisotopic (exact) mass is 276 g/mol. The molecule has 1 saturated heterocycles. The fourth-order valence-corrected chi connectivity index (χ4v) is 2.24. The van der Waals surface area contributed by atoms with Crippen molar-refractivity contribution in [3.63, 3.8) is 0 Å². The number of hydrogen-bond donors (Lipinski definition) is 2. The fourth-order valence-electron chi connectivity index (χ4n) is 2.24. The van der Waals surface area contributed by atoms with E-state index in [1.54, 1.807) is 0 Å². The Morgan fingerprint density at radius 2 is 1.89 bits per heavy atom. The van der Waals surface area contributed by atoms with Crippen LogP contribution in [-0.4, -0.2) is 53.4 Å². The molecule has 0 spiro atoms. The highest BCUT2D eigenvalue weighted by Gasteiger charge is 2.63. The zero-order valence-corrected chi connectivity index (χ0v) is 9.97. The summed E-state index contributed by atoms with van der Waals surface area (Å²) in [5.74, 6) is -4.88. The number of nitrogens with two attached hydrogens (primary N) is 1. The lowest BCUT2D eigenvalue weighted by Crippen LogP contribution is -2.62. The Bertz CT molecular complexity index is 292. The normalized spacial score (nSPS) is 29.3. The molecule has 1 rings (SSSR count). The van der Waals surface area contributed by atoms with Crippen molar-refractivity contribution in [3.05, 3.63) is 0 Å². The second-order valence-electron chi connectivity index (χ2n) is 4.94. The highest BCUT2D eigenvalue weighted by atomic mass is 19.4. The van der Waals surface area contributed by atoms with Gasteiger partial charge in [-0.3, -0.25) is 4.90 Å². The van der Waals surface area contributed by atoms with E-state index in [9.17, 15) is 27.1 Å². The second kappa shape index (κ2) is 4.90. The molecule has 1 fully saturated rings. The third-order valence-electron chi connectivity index (χ3n) is 3.16. The van der Waals surface area contributed by atoms with Crippen molar-refractivity contribution in [2.24, 2.45) is 5.73 Å². The summed E-state index contributed by atoms with van der Waals surface area (Å²) in [5, 5.41) is 9.75. The summed E-state index contributed by atoms with van der Waals surface area (Å²) in [5.41, 5.74) is 3.82. The lowest BCUT2D eigenvalue weighted by Gasteiger charge is -2.43. The molecule has 0 aromatic rings. The summed E-state index contributed by atoms with van der Waals surface area (Å²) in [7, 11) is 0. The predicted octanol–water partition coefficient (Wildman–Crippen LogP) is 1.36. The van der Waals surface area contributed by atoms with E-state index in [-0.39, 0.29) is 13.1 Å². The minimum Gasteiger partial charge on any atom is -0.389 e. The van der Waals surface area contributed by atoms with E-state index < -0.39 is 30.3 Å². The standard InChI is InChI=1S/C10H17F5N2O/c1-8(18)3-2-4-17(6-8)7(5-16)9(11,12)10(13,14)15/h7,18H,2-6,16H2,1H3. The molecule has 3 N–H and O–H groups in total. The third kappa shape index (κ3) is 3.10. The number of β-amino-alcohol motifs (C(OH)–C–C–N with tert-alkyl or cyclic N) is 1. The molecule has 0 aromatic carbocycles. The van der Waals surface area contributed by atoms with E-state index in [0.717, 1.165) is 4.90 Å². The van der Waals surface area contributed by atoms with Crippen molar-refractivity contribution in [3.8, 4) is 0 Å². The van der Waals surface area contributed by atoms with Crippen molar-refractivity contribution >= 4 is 0 Å². The molecule has 1 aliphatic heterocycles. The van der Waals surface area contributed by atoms with Gasteiger partial charge in [-0.2, -0.15) is 22.0 Å². The van der Waals surface area contributed by atoms with Gasteiger partial charge in [0.15, 0.2) is 0 Å². The largest absolute Gasteiger partial charge is 0.455 e. The van der Waals surface area contributed by atoms with Crippen molar-refractivity contribution in [2.75, 3.05) is 19.6 Å². The van der Waals surface area contributed by atoms with E-state index in [2.05, 4.69) is 0 Å². The molecule has 0 saturated carbocycles. The average molecular weight is 276 g/mol. The molecule has 108 valence electrons. The quantitative estimate of drug-likeness (QED) is 0.765. The molecule has 18 heavy (non-hydrogen) atoms. The van der Waals surface area contributed by atoms with Gasteiger partial charge < -0.3 is 10.8 Å². The first-order valence-corrected chi connectivity index (χ1v) is 5.62. The summed E-state index contributed by atoms with van der Waals surface area (Å²) in [6, 6.07) is -2.13. The molecule has 0 bridgehead atoms. The van der Waals surface area contributed by atoms with Crippen LogP contribution in [0.25, 0.3) is 0 Å². The first-order chi connectivity index (χ1) is 8.01. The molecule has 3 nitrogen and oxygen atoms in total. The van der Waals surface area contributed by atoms with Gasteiger partial charge in [-0.1, -0.05) is 0 Å². The molecule has 1 aliphatic rings. The maximum atomic E-state index is 13.3. The van der Waals surface area contributed by atoms with Gasteiger partial charge in [0.05, 0.1) is 11.6 Å². The number of piperidine rings is 1. The zero-order chi connectivity index (χ0) is 14.2. The molecule has 2 atom stereocenters. The van der Waals surface area contributed by atoms with Gasteiger partial charge in [0.25, 0.3) is 0 Å². The summed E-state index contributed by atoms with van der Waals surface area (Å²) in [4.78, 5) is 0.928. The van der Waals surface area contributed by atoms with E-state index >= 15 is 0 Å². The summed E-state index contributed by atoms with van der Waals surface area (Å²) >= 11 is 0. The van der Waals surface area contributed by atoms with E-state index in [1.165, 1.54) is 6.92 Å². The highest BCUT2D eigenvalue weighted by Crippen LogP contribution is 2.40. The van der Waals surface area contributed by atoms with Crippen LogP contribution in [0.15, 0.2) is 0 Å². The molecule has 1 heterocycles. The van der Waals surface area contributed by atoms with Crippen molar-refractivity contribution < 1.29 is 27.1 Å². The Labute approximate surface area is 102 Å². The van der Waals surface area contributed by atoms with Gasteiger partial charge >= 0.3 is 12.1 Å². The number of rotatable bonds is 3. The van der Waals surface area contributed by atoms with Gasteiger partial charge in [0, 0.05) is 13.1 Å². The smallest absolute Gasteiger partial charge is 0.389 e. The van der Waals surface area contributed by atoms with Crippen LogP contribution in [-0.2, 0) is 0 Å². The lowest BCUT2D eigenvalue weighted by molar-refractivity contribution is -0.304. The Morgan fingerprint density at radius 3 is 2.28 bits per heavy atom. The first-order valence-electron chi connectivity index (χ1n) is 5.62. The Hall–Kier alpha value is -0.470. The Balaban J connectivity index is 2.90. The minimum absolute atomic E-state index is 0.0731. The summed E-state index contributed by atoms with van der Waals surface area (Å²) < 4.78 is 63.6. The number of hydrogen-bond acceptors (Lipinski definition) is 3. The molecular formula is C10H17F5N2O.